The first kappa shape index (κ1) is 31.1. The van der Waals surface area contributed by atoms with Gasteiger partial charge in [-0.25, -0.2) is 14.8 Å². The first-order valence-electron chi connectivity index (χ1n) is 17.6. The van der Waals surface area contributed by atoms with E-state index in [2.05, 4.69) is 51.4 Å². The molecule has 1 aromatic carbocycles. The largest absolute Gasteiger partial charge is 0.444 e. The monoisotopic (exact) mass is 658 g/mol. The number of nitrogens with zero attached hydrogens (tertiary/aromatic N) is 6. The van der Waals surface area contributed by atoms with Crippen LogP contribution in [0.15, 0.2) is 30.6 Å². The molecule has 0 bridgehead atoms. The molecule has 8 rings (SSSR count). The molecule has 9 nitrogen and oxygen atoms in total. The topological polar surface area (TPSA) is 83.8 Å². The highest BCUT2D eigenvalue weighted by Crippen LogP contribution is 2.52. The van der Waals surface area contributed by atoms with Crippen LogP contribution >= 0.6 is 11.6 Å². The maximum atomic E-state index is 14.7. The molecule has 47 heavy (non-hydrogen) atoms. The number of rotatable bonds is 4. The number of carbonyl (C=O) groups is 2. The van der Waals surface area contributed by atoms with Crippen LogP contribution in [0.3, 0.4) is 0 Å². The molecule has 2 amide bonds. The number of amides is 2. The number of carbonyl (C=O) groups excluding carboxylic acids is 2. The van der Waals surface area contributed by atoms with Crippen molar-refractivity contribution >= 4 is 40.3 Å². The lowest BCUT2D eigenvalue weighted by Gasteiger charge is -2.50. The highest BCUT2D eigenvalue weighted by atomic mass is 35.5. The number of benzene rings is 1. The summed E-state index contributed by atoms with van der Waals surface area (Å²) in [6.45, 7) is 13.7. The standard InChI is InChI=1S/C37H47ClN6O3/c1-35(2,3)47-34(46)41-15-12-37(13-16-41)27-10-7-23(28-20-29-31(32(38)40-28)43(22-39-29)24-8-9-24)17-30(27)44(33(37)45)26-18-25(19-26)42-14-6-11-36(4,5)21-42/h7,10,17,20,22,24-26H,6,8-9,11-16,18-19,21H2,1-5H3. The van der Waals surface area contributed by atoms with Crippen LogP contribution in [0.5, 0.6) is 0 Å². The fraction of sp³-hybridized carbons (Fsp3) is 0.622. The Balaban J connectivity index is 1.11. The molecule has 4 fully saturated rings. The molecule has 3 aliphatic heterocycles. The highest BCUT2D eigenvalue weighted by Gasteiger charge is 2.56. The van der Waals surface area contributed by atoms with Crippen LogP contribution in [0.2, 0.25) is 5.15 Å². The molecular formula is C37H47ClN6O3. The van der Waals surface area contributed by atoms with Crippen molar-refractivity contribution in [2.75, 3.05) is 31.1 Å². The number of halogens is 1. The third-order valence-corrected chi connectivity index (χ3v) is 11.6. The summed E-state index contributed by atoms with van der Waals surface area (Å²) in [5, 5.41) is 0.465. The molecule has 5 heterocycles. The number of likely N-dealkylation sites (tertiary alicyclic amines) is 2. The predicted molar refractivity (Wildman–Crippen MR) is 184 cm³/mol. The Labute approximate surface area is 282 Å². The average molecular weight is 659 g/mol. The van der Waals surface area contributed by atoms with Crippen LogP contribution in [0.25, 0.3) is 22.3 Å². The van der Waals surface area contributed by atoms with Crippen molar-refractivity contribution in [1.82, 2.24) is 24.3 Å². The van der Waals surface area contributed by atoms with Gasteiger partial charge in [0.25, 0.3) is 0 Å². The number of piperidine rings is 2. The third-order valence-electron chi connectivity index (χ3n) is 11.3. The van der Waals surface area contributed by atoms with Gasteiger partial charge in [0, 0.05) is 49.0 Å². The summed E-state index contributed by atoms with van der Waals surface area (Å²) in [6, 6.07) is 9.52. The maximum absolute atomic E-state index is 14.7. The number of hydrogen-bond donors (Lipinski definition) is 0. The molecule has 2 saturated carbocycles. The van der Waals surface area contributed by atoms with Gasteiger partial charge < -0.3 is 19.1 Å². The van der Waals surface area contributed by atoms with Crippen molar-refractivity contribution in [2.24, 2.45) is 5.41 Å². The predicted octanol–water partition coefficient (Wildman–Crippen LogP) is 7.35. The lowest BCUT2D eigenvalue weighted by molar-refractivity contribution is -0.126. The van der Waals surface area contributed by atoms with E-state index in [-0.39, 0.29) is 18.0 Å². The SMILES string of the molecule is CC1(C)CCCN(C2CC(N3C(=O)C4(CCN(C(=O)OC(C)(C)C)CC4)c4ccc(-c5cc6ncn(C7CC7)c6c(Cl)n5)cc43)C2)C1. The lowest BCUT2D eigenvalue weighted by atomic mass is 9.73. The van der Waals surface area contributed by atoms with Crippen LogP contribution in [0.1, 0.15) is 97.6 Å². The summed E-state index contributed by atoms with van der Waals surface area (Å²) in [5.41, 5.74) is 4.63. The van der Waals surface area contributed by atoms with Crippen LogP contribution in [0, 0.1) is 5.41 Å². The molecule has 1 spiro atoms. The Morgan fingerprint density at radius 1 is 1.00 bits per heavy atom. The number of anilines is 1. The number of pyridine rings is 1. The van der Waals surface area contributed by atoms with Gasteiger partial charge in [0.05, 0.1) is 23.0 Å². The van der Waals surface area contributed by atoms with Crippen molar-refractivity contribution in [2.45, 2.75) is 115 Å². The molecule has 250 valence electrons. The Kier molecular flexibility index (Phi) is 7.23. The van der Waals surface area contributed by atoms with Gasteiger partial charge in [-0.1, -0.05) is 37.6 Å². The van der Waals surface area contributed by atoms with Crippen LogP contribution < -0.4 is 4.90 Å². The molecule has 0 unspecified atom stereocenters. The smallest absolute Gasteiger partial charge is 0.410 e. The van der Waals surface area contributed by atoms with Gasteiger partial charge in [0.1, 0.15) is 11.1 Å². The molecule has 2 saturated heterocycles. The van der Waals surface area contributed by atoms with Crippen LogP contribution in [-0.4, -0.2) is 80.2 Å². The quantitative estimate of drug-likeness (QED) is 0.273. The molecule has 5 aliphatic rings. The van der Waals surface area contributed by atoms with E-state index in [0.29, 0.717) is 48.6 Å². The minimum absolute atomic E-state index is 0.156. The van der Waals surface area contributed by atoms with Gasteiger partial charge in [0.15, 0.2) is 5.15 Å². The number of aromatic nitrogens is 3. The molecule has 0 atom stereocenters. The fourth-order valence-electron chi connectivity index (χ4n) is 8.63. The molecule has 10 heteroatoms. The van der Waals surface area contributed by atoms with Gasteiger partial charge in [-0.05, 0) is 102 Å². The second-order valence-electron chi connectivity index (χ2n) is 16.5. The van der Waals surface area contributed by atoms with Crippen LogP contribution in [0.4, 0.5) is 10.5 Å². The van der Waals surface area contributed by atoms with Crippen LogP contribution in [-0.2, 0) is 14.9 Å². The fourth-order valence-corrected chi connectivity index (χ4v) is 8.92. The molecule has 2 aromatic heterocycles. The second-order valence-corrected chi connectivity index (χ2v) is 16.9. The van der Waals surface area contributed by atoms with Gasteiger partial charge in [-0.3, -0.25) is 9.69 Å². The molecule has 0 N–H and O–H groups in total. The zero-order chi connectivity index (χ0) is 32.9. The highest BCUT2D eigenvalue weighted by molar-refractivity contribution is 6.34. The number of imidazole rings is 1. The molecule has 3 aromatic rings. The summed E-state index contributed by atoms with van der Waals surface area (Å²) >= 11 is 6.80. The van der Waals surface area contributed by atoms with Crippen molar-refractivity contribution in [3.8, 4) is 11.3 Å². The van der Waals surface area contributed by atoms with E-state index in [1.54, 1.807) is 4.90 Å². The Morgan fingerprint density at radius 3 is 2.43 bits per heavy atom. The van der Waals surface area contributed by atoms with E-state index in [1.807, 2.05) is 33.2 Å². The van der Waals surface area contributed by atoms with Gasteiger partial charge >= 0.3 is 6.09 Å². The Hall–Kier alpha value is -3.17. The number of ether oxygens (including phenoxy) is 1. The summed E-state index contributed by atoms with van der Waals surface area (Å²) in [7, 11) is 0. The Morgan fingerprint density at radius 2 is 1.74 bits per heavy atom. The first-order valence-corrected chi connectivity index (χ1v) is 17.9. The summed E-state index contributed by atoms with van der Waals surface area (Å²) in [6.07, 6.45) is 9.51. The first-order chi connectivity index (χ1) is 22.3. The molecule has 2 aliphatic carbocycles. The van der Waals surface area contributed by atoms with Gasteiger partial charge in [-0.15, -0.1) is 0 Å². The molecular weight excluding hydrogens is 612 g/mol. The minimum Gasteiger partial charge on any atom is -0.444 e. The summed E-state index contributed by atoms with van der Waals surface area (Å²) in [4.78, 5) is 43.8. The van der Waals surface area contributed by atoms with E-state index in [0.717, 1.165) is 72.3 Å². The van der Waals surface area contributed by atoms with Crippen molar-refractivity contribution in [1.29, 1.82) is 0 Å². The summed E-state index contributed by atoms with van der Waals surface area (Å²) in [5.74, 6) is 0.181. The normalized spacial score (nSPS) is 25.7. The maximum Gasteiger partial charge on any atom is 0.410 e. The van der Waals surface area contributed by atoms with E-state index in [1.165, 1.54) is 12.8 Å². The lowest BCUT2D eigenvalue weighted by Crippen LogP contribution is -2.59. The molecule has 0 radical (unpaired) electrons. The van der Waals surface area contributed by atoms with E-state index in [4.69, 9.17) is 21.3 Å². The average Bonchev–Trinajstić information content (AvgIpc) is 3.70. The van der Waals surface area contributed by atoms with Crippen molar-refractivity contribution in [3.63, 3.8) is 0 Å². The zero-order valence-electron chi connectivity index (χ0n) is 28.4. The number of hydrogen-bond acceptors (Lipinski definition) is 6. The second kappa shape index (κ2) is 10.9. The minimum atomic E-state index is -0.650. The van der Waals surface area contributed by atoms with E-state index in [9.17, 15) is 9.59 Å². The number of fused-ring (bicyclic) bond motifs is 3. The van der Waals surface area contributed by atoms with Crippen molar-refractivity contribution in [3.05, 3.63) is 41.3 Å². The van der Waals surface area contributed by atoms with Gasteiger partial charge in [0.2, 0.25) is 5.91 Å². The van der Waals surface area contributed by atoms with E-state index < -0.39 is 11.0 Å². The van der Waals surface area contributed by atoms with Gasteiger partial charge in [-0.2, -0.15) is 0 Å². The van der Waals surface area contributed by atoms with Crippen molar-refractivity contribution < 1.29 is 14.3 Å². The summed E-state index contributed by atoms with van der Waals surface area (Å²) < 4.78 is 7.83. The van der Waals surface area contributed by atoms with E-state index >= 15 is 0 Å². The Bertz CT molecular complexity index is 1740. The zero-order valence-corrected chi connectivity index (χ0v) is 29.1. The third kappa shape index (κ3) is 5.41.